The molecule has 2 fully saturated rings. The fourth-order valence-corrected chi connectivity index (χ4v) is 2.87. The van der Waals surface area contributed by atoms with Gasteiger partial charge in [-0.05, 0) is 13.8 Å². The number of ether oxygens (including phenoxy) is 5. The molecule has 0 N–H and O–H groups in total. The highest BCUT2D eigenvalue weighted by Gasteiger charge is 2.53. The van der Waals surface area contributed by atoms with Crippen molar-refractivity contribution in [3.05, 3.63) is 10.7 Å². The van der Waals surface area contributed by atoms with Crippen molar-refractivity contribution in [1.82, 2.24) is 0 Å². The monoisotopic (exact) mass is 378 g/mol. The first kappa shape index (κ1) is 17.2. The van der Waals surface area contributed by atoms with Gasteiger partial charge in [-0.15, -0.1) is 0 Å². The molecule has 4 atom stereocenters. The maximum absolute atomic E-state index is 11.4. The van der Waals surface area contributed by atoms with Crippen LogP contribution >= 0.6 is 15.9 Å². The molecule has 7 nitrogen and oxygen atoms in total. The number of carbonyl (C=O) groups is 2. The van der Waals surface area contributed by atoms with Crippen LogP contribution in [-0.4, -0.2) is 48.7 Å². The first-order valence-corrected chi connectivity index (χ1v) is 7.78. The maximum Gasteiger partial charge on any atom is 0.303 e. The molecule has 124 valence electrons. The first-order chi connectivity index (χ1) is 10.2. The Morgan fingerprint density at radius 2 is 1.91 bits per heavy atom. The number of hydrogen-bond donors (Lipinski definition) is 0. The van der Waals surface area contributed by atoms with Crippen molar-refractivity contribution in [2.45, 2.75) is 57.9 Å². The summed E-state index contributed by atoms with van der Waals surface area (Å²) in [7, 11) is 0. The number of rotatable bonds is 3. The predicted molar refractivity (Wildman–Crippen MR) is 77.9 cm³/mol. The molecule has 22 heavy (non-hydrogen) atoms. The van der Waals surface area contributed by atoms with Gasteiger partial charge in [0.15, 0.2) is 24.1 Å². The van der Waals surface area contributed by atoms with Crippen LogP contribution in [0.5, 0.6) is 0 Å². The lowest BCUT2D eigenvalue weighted by Gasteiger charge is -2.25. The second-order valence-electron chi connectivity index (χ2n) is 5.57. The van der Waals surface area contributed by atoms with Gasteiger partial charge in [0.05, 0.1) is 6.61 Å². The second-order valence-corrected chi connectivity index (χ2v) is 6.02. The van der Waals surface area contributed by atoms with E-state index >= 15 is 0 Å². The van der Waals surface area contributed by atoms with E-state index in [1.807, 2.05) is 0 Å². The van der Waals surface area contributed by atoms with Gasteiger partial charge in [-0.25, -0.2) is 0 Å². The van der Waals surface area contributed by atoms with Crippen LogP contribution in [0.15, 0.2) is 10.7 Å². The predicted octanol–water partition coefficient (Wildman–Crippen LogP) is 1.64. The van der Waals surface area contributed by atoms with Crippen molar-refractivity contribution in [3.63, 3.8) is 0 Å². The van der Waals surface area contributed by atoms with Crippen LogP contribution in [0.2, 0.25) is 0 Å². The minimum absolute atomic E-state index is 0.289. The van der Waals surface area contributed by atoms with Gasteiger partial charge < -0.3 is 23.7 Å². The molecule has 0 aromatic carbocycles. The number of halogens is 1. The average molecular weight is 379 g/mol. The van der Waals surface area contributed by atoms with Crippen LogP contribution < -0.4 is 0 Å². The summed E-state index contributed by atoms with van der Waals surface area (Å²) in [6.07, 6.45) is -2.69. The summed E-state index contributed by atoms with van der Waals surface area (Å²) in [6.45, 7) is 6.43. The summed E-state index contributed by atoms with van der Waals surface area (Å²) in [5, 5.41) is 0. The van der Waals surface area contributed by atoms with Crippen molar-refractivity contribution in [2.75, 3.05) is 6.61 Å². The lowest BCUT2D eigenvalue weighted by molar-refractivity contribution is -0.173. The van der Waals surface area contributed by atoms with Crippen LogP contribution in [0.25, 0.3) is 0 Å². The quantitative estimate of drug-likeness (QED) is 0.690. The minimum atomic E-state index is -0.821. The van der Waals surface area contributed by atoms with Gasteiger partial charge in [0.2, 0.25) is 0 Å². The standard InChI is InChI=1S/C14H19BrO7/c1-7(16)19-11-9(5-15)21-12(13(11)20-8(2)17)10-6-18-14(3,4)22-10/h5,10-13H,6H2,1-4H3/b9-5+/t10-,11+,12-,13-/m1/s1. The van der Waals surface area contributed by atoms with Gasteiger partial charge in [0.1, 0.15) is 11.9 Å². The Labute approximate surface area is 137 Å². The van der Waals surface area contributed by atoms with E-state index in [9.17, 15) is 9.59 Å². The number of carbonyl (C=O) groups excluding carboxylic acids is 2. The Morgan fingerprint density at radius 1 is 1.27 bits per heavy atom. The summed E-state index contributed by atoms with van der Waals surface area (Å²) in [4.78, 5) is 24.2. The Kier molecular flexibility index (Phi) is 5.14. The van der Waals surface area contributed by atoms with E-state index in [2.05, 4.69) is 15.9 Å². The molecule has 0 aromatic rings. The van der Waals surface area contributed by atoms with Gasteiger partial charge in [0, 0.05) is 18.8 Å². The number of hydrogen-bond acceptors (Lipinski definition) is 7. The van der Waals surface area contributed by atoms with Crippen LogP contribution in [-0.2, 0) is 33.3 Å². The van der Waals surface area contributed by atoms with Crippen molar-refractivity contribution in [2.24, 2.45) is 0 Å². The molecule has 0 aromatic heterocycles. The summed E-state index contributed by atoms with van der Waals surface area (Å²) >= 11 is 3.17. The highest BCUT2D eigenvalue weighted by Crippen LogP contribution is 2.37. The third-order valence-corrected chi connectivity index (χ3v) is 3.73. The van der Waals surface area contributed by atoms with E-state index < -0.39 is 42.1 Å². The highest BCUT2D eigenvalue weighted by molar-refractivity contribution is 9.11. The molecule has 0 amide bonds. The van der Waals surface area contributed by atoms with Crippen molar-refractivity contribution in [1.29, 1.82) is 0 Å². The maximum atomic E-state index is 11.4. The van der Waals surface area contributed by atoms with Crippen molar-refractivity contribution in [3.8, 4) is 0 Å². The zero-order valence-corrected chi connectivity index (χ0v) is 14.4. The van der Waals surface area contributed by atoms with Crippen molar-refractivity contribution >= 4 is 27.9 Å². The highest BCUT2D eigenvalue weighted by atomic mass is 79.9. The van der Waals surface area contributed by atoms with Crippen molar-refractivity contribution < 1.29 is 33.3 Å². The van der Waals surface area contributed by atoms with E-state index in [0.717, 1.165) is 0 Å². The summed E-state index contributed by atoms with van der Waals surface area (Å²) in [6, 6.07) is 0. The average Bonchev–Trinajstić information content (AvgIpc) is 2.90. The van der Waals surface area contributed by atoms with Gasteiger partial charge in [-0.1, -0.05) is 15.9 Å². The van der Waals surface area contributed by atoms with Gasteiger partial charge in [-0.2, -0.15) is 0 Å². The fraction of sp³-hybridized carbons (Fsp3) is 0.714. The normalized spacial score (nSPS) is 35.2. The van der Waals surface area contributed by atoms with Crippen LogP contribution in [0.4, 0.5) is 0 Å². The van der Waals surface area contributed by atoms with E-state index in [-0.39, 0.29) is 6.61 Å². The molecule has 0 saturated carbocycles. The molecule has 0 aliphatic carbocycles. The second kappa shape index (κ2) is 6.55. The third kappa shape index (κ3) is 3.80. The zero-order valence-electron chi connectivity index (χ0n) is 12.8. The Morgan fingerprint density at radius 3 is 2.36 bits per heavy atom. The molecule has 0 radical (unpaired) electrons. The van der Waals surface area contributed by atoms with Gasteiger partial charge >= 0.3 is 11.9 Å². The summed E-state index contributed by atoms with van der Waals surface area (Å²) < 4.78 is 27.6. The largest absolute Gasteiger partial charge is 0.483 e. The Bertz CT molecular complexity index is 488. The number of esters is 2. The topological polar surface area (TPSA) is 80.3 Å². The van der Waals surface area contributed by atoms with Gasteiger partial charge in [-0.3, -0.25) is 9.59 Å². The molecule has 0 bridgehead atoms. The van der Waals surface area contributed by atoms with E-state index in [4.69, 9.17) is 23.7 Å². The molecule has 2 heterocycles. The molecule has 8 heteroatoms. The molecular formula is C14H19BrO7. The van der Waals surface area contributed by atoms with Crippen LogP contribution in [0, 0.1) is 0 Å². The third-order valence-electron chi connectivity index (χ3n) is 3.27. The lowest BCUT2D eigenvalue weighted by Crippen LogP contribution is -2.44. The SMILES string of the molecule is CC(=O)O[C@H]1[C@@H]([C@H]2COC(C)(C)O2)O/C(=C/Br)[C@@H]1OC(C)=O. The molecule has 2 saturated heterocycles. The molecule has 2 rings (SSSR count). The van der Waals surface area contributed by atoms with E-state index in [1.54, 1.807) is 13.8 Å². The molecular weight excluding hydrogens is 360 g/mol. The first-order valence-electron chi connectivity index (χ1n) is 6.86. The van der Waals surface area contributed by atoms with E-state index in [0.29, 0.717) is 5.76 Å². The van der Waals surface area contributed by atoms with E-state index in [1.165, 1.54) is 18.8 Å². The van der Waals surface area contributed by atoms with Crippen LogP contribution in [0.1, 0.15) is 27.7 Å². The minimum Gasteiger partial charge on any atom is -0.483 e. The van der Waals surface area contributed by atoms with Gasteiger partial charge in [0.25, 0.3) is 0 Å². The van der Waals surface area contributed by atoms with Crippen LogP contribution in [0.3, 0.4) is 0 Å². The Hall–Kier alpha value is -1.12. The molecule has 2 aliphatic heterocycles. The molecule has 2 aliphatic rings. The molecule has 0 spiro atoms. The summed E-state index contributed by atoms with van der Waals surface area (Å²) in [5.41, 5.74) is 0. The smallest absolute Gasteiger partial charge is 0.303 e. The lowest BCUT2D eigenvalue weighted by atomic mass is 10.1. The zero-order chi connectivity index (χ0) is 16.5. The molecule has 0 unspecified atom stereocenters. The summed E-state index contributed by atoms with van der Waals surface area (Å²) in [5.74, 6) is -1.38. The Balaban J connectivity index is 2.24. The fourth-order valence-electron chi connectivity index (χ4n) is 2.50.